The van der Waals surface area contributed by atoms with Crippen LogP contribution < -0.4 is 22.1 Å². The first-order valence-electron chi connectivity index (χ1n) is 10.7. The second-order valence-electron chi connectivity index (χ2n) is 9.38. The van der Waals surface area contributed by atoms with E-state index in [1.807, 2.05) is 18.3 Å². The molecule has 0 radical (unpaired) electrons. The van der Waals surface area contributed by atoms with Crippen molar-refractivity contribution < 1.29 is 0 Å². The molecule has 0 atom stereocenters. The number of aromatic amines is 1. The number of hydrogen-bond donors (Lipinski definition) is 5. The van der Waals surface area contributed by atoms with Gasteiger partial charge < -0.3 is 21.4 Å². The van der Waals surface area contributed by atoms with E-state index in [-0.39, 0.29) is 22.6 Å². The first-order valence-corrected chi connectivity index (χ1v) is 10.7. The van der Waals surface area contributed by atoms with E-state index in [4.69, 9.17) is 11.1 Å². The molecule has 1 saturated carbocycles. The van der Waals surface area contributed by atoms with Gasteiger partial charge in [0.2, 0.25) is 0 Å². The lowest BCUT2D eigenvalue weighted by atomic mass is 9.92. The molecule has 0 spiro atoms. The Morgan fingerprint density at radius 1 is 1.26 bits per heavy atom. The van der Waals surface area contributed by atoms with Crippen LogP contribution in [-0.4, -0.2) is 33.6 Å². The van der Waals surface area contributed by atoms with Gasteiger partial charge in [0.1, 0.15) is 5.65 Å². The van der Waals surface area contributed by atoms with E-state index in [0.717, 1.165) is 42.6 Å². The van der Waals surface area contributed by atoms with Gasteiger partial charge in [-0.05, 0) is 49.6 Å². The molecule has 0 bridgehead atoms. The molecular formula is C23H31N7O. The van der Waals surface area contributed by atoms with Gasteiger partial charge in [-0.25, -0.2) is 4.79 Å². The van der Waals surface area contributed by atoms with E-state index in [2.05, 4.69) is 59.6 Å². The summed E-state index contributed by atoms with van der Waals surface area (Å²) in [4.78, 5) is 20.1. The van der Waals surface area contributed by atoms with Crippen molar-refractivity contribution in [2.75, 3.05) is 13.1 Å². The van der Waals surface area contributed by atoms with Crippen molar-refractivity contribution in [3.63, 3.8) is 0 Å². The molecule has 0 saturated heterocycles. The van der Waals surface area contributed by atoms with E-state index < -0.39 is 0 Å². The fourth-order valence-electron chi connectivity index (χ4n) is 3.86. The number of benzene rings is 1. The lowest BCUT2D eigenvalue weighted by Gasteiger charge is -2.18. The summed E-state index contributed by atoms with van der Waals surface area (Å²) in [6.45, 7) is 7.93. The Labute approximate surface area is 181 Å². The second kappa shape index (κ2) is 7.85. The number of nitrogens with two attached hydrogens (primary N) is 1. The van der Waals surface area contributed by atoms with Crippen LogP contribution in [0.4, 0.5) is 0 Å². The van der Waals surface area contributed by atoms with Crippen LogP contribution in [-0.2, 0) is 11.0 Å². The molecule has 1 fully saturated rings. The third-order valence-corrected chi connectivity index (χ3v) is 5.90. The maximum Gasteiger partial charge on any atom is 0.354 e. The predicted molar refractivity (Wildman–Crippen MR) is 124 cm³/mol. The molecule has 2 aromatic heterocycles. The highest BCUT2D eigenvalue weighted by Gasteiger charge is 2.43. The molecule has 8 nitrogen and oxygen atoms in total. The topological polar surface area (TPSA) is 125 Å². The van der Waals surface area contributed by atoms with E-state index in [0.29, 0.717) is 12.2 Å². The summed E-state index contributed by atoms with van der Waals surface area (Å²) >= 11 is 0. The third kappa shape index (κ3) is 4.49. The van der Waals surface area contributed by atoms with Crippen LogP contribution in [0.2, 0.25) is 0 Å². The molecule has 2 heterocycles. The van der Waals surface area contributed by atoms with Crippen LogP contribution in [0.5, 0.6) is 0 Å². The molecule has 3 aromatic rings. The summed E-state index contributed by atoms with van der Waals surface area (Å²) in [5.41, 5.74) is 8.72. The zero-order chi connectivity index (χ0) is 22.2. The first kappa shape index (κ1) is 21.1. The summed E-state index contributed by atoms with van der Waals surface area (Å²) in [5.74, 6) is 0.00825. The minimum Gasteiger partial charge on any atom is -0.370 e. The van der Waals surface area contributed by atoms with Crippen molar-refractivity contribution in [3.05, 3.63) is 58.3 Å². The third-order valence-electron chi connectivity index (χ3n) is 5.90. The van der Waals surface area contributed by atoms with Gasteiger partial charge in [0.05, 0.1) is 5.69 Å². The predicted octanol–water partition coefficient (Wildman–Crippen LogP) is 2.46. The van der Waals surface area contributed by atoms with Crippen LogP contribution >= 0.6 is 0 Å². The maximum absolute atomic E-state index is 12.6. The van der Waals surface area contributed by atoms with Gasteiger partial charge in [0.25, 0.3) is 0 Å². The van der Waals surface area contributed by atoms with Crippen LogP contribution in [0.3, 0.4) is 0 Å². The largest absolute Gasteiger partial charge is 0.370 e. The molecule has 4 rings (SSSR count). The maximum atomic E-state index is 12.6. The van der Waals surface area contributed by atoms with Gasteiger partial charge in [-0.2, -0.15) is 4.98 Å². The summed E-state index contributed by atoms with van der Waals surface area (Å²) in [7, 11) is 0. The average molecular weight is 422 g/mol. The Kier molecular flexibility index (Phi) is 5.35. The molecule has 1 aliphatic rings. The summed E-state index contributed by atoms with van der Waals surface area (Å²) in [5, 5.41) is 14.6. The fourth-order valence-corrected chi connectivity index (χ4v) is 3.86. The van der Waals surface area contributed by atoms with E-state index in [1.54, 1.807) is 4.57 Å². The number of fused-ring (bicyclic) bond motifs is 1. The number of aromatic nitrogens is 3. The Morgan fingerprint density at radius 3 is 2.58 bits per heavy atom. The molecule has 0 unspecified atom stereocenters. The van der Waals surface area contributed by atoms with E-state index in [1.165, 1.54) is 5.56 Å². The van der Waals surface area contributed by atoms with Crippen molar-refractivity contribution in [2.45, 2.75) is 51.0 Å². The Morgan fingerprint density at radius 2 is 1.97 bits per heavy atom. The van der Waals surface area contributed by atoms with Gasteiger partial charge in [-0.1, -0.05) is 32.9 Å². The number of nitrogens with zero attached hydrogens (tertiary/aromatic N) is 2. The van der Waals surface area contributed by atoms with Gasteiger partial charge in [0, 0.05) is 34.8 Å². The highest BCUT2D eigenvalue weighted by molar-refractivity contribution is 5.76. The Bertz CT molecular complexity index is 1150. The number of guanidine groups is 1. The zero-order valence-corrected chi connectivity index (χ0v) is 18.4. The van der Waals surface area contributed by atoms with Gasteiger partial charge in [0.15, 0.2) is 5.96 Å². The quantitative estimate of drug-likeness (QED) is 0.228. The fraction of sp³-hybridized carbons (Fsp3) is 0.435. The lowest BCUT2D eigenvalue weighted by molar-refractivity contribution is 0.507. The minimum atomic E-state index is -0.292. The summed E-state index contributed by atoms with van der Waals surface area (Å²) < 4.78 is 1.60. The standard InChI is InChI=1S/C23H31N7O/c1-22(2,3)18-13-15-14-30(21(31)29-19(15)28-18)17-7-5-16(6-8-17)23(9-10-23)27-12-4-11-26-20(24)25/h5-8,13-14,27H,4,9-12H2,1-3H3,(H4,24,25,26)(H,28,29,31). The number of hydrogen-bond acceptors (Lipinski definition) is 4. The molecule has 1 aromatic carbocycles. The molecule has 31 heavy (non-hydrogen) atoms. The molecule has 0 aliphatic heterocycles. The van der Waals surface area contributed by atoms with E-state index >= 15 is 0 Å². The van der Waals surface area contributed by atoms with Gasteiger partial charge in [-0.15, -0.1) is 0 Å². The summed E-state index contributed by atoms with van der Waals surface area (Å²) in [6, 6.07) is 10.2. The monoisotopic (exact) mass is 421 g/mol. The number of nitrogens with one attached hydrogen (secondary N) is 4. The minimum absolute atomic E-state index is 0.00825. The van der Waals surface area contributed by atoms with Crippen LogP contribution in [0.25, 0.3) is 16.7 Å². The molecular weight excluding hydrogens is 390 g/mol. The van der Waals surface area contributed by atoms with Crippen LogP contribution in [0.1, 0.15) is 51.3 Å². The van der Waals surface area contributed by atoms with Crippen LogP contribution in [0.15, 0.2) is 41.3 Å². The molecule has 164 valence electrons. The highest BCUT2D eigenvalue weighted by Crippen LogP contribution is 2.45. The zero-order valence-electron chi connectivity index (χ0n) is 18.4. The number of H-pyrrole nitrogens is 1. The van der Waals surface area contributed by atoms with Crippen molar-refractivity contribution >= 4 is 17.0 Å². The highest BCUT2D eigenvalue weighted by atomic mass is 16.1. The van der Waals surface area contributed by atoms with Gasteiger partial charge in [-0.3, -0.25) is 9.98 Å². The molecule has 8 heteroatoms. The van der Waals surface area contributed by atoms with Crippen LogP contribution in [0, 0.1) is 5.41 Å². The lowest BCUT2D eigenvalue weighted by Crippen LogP contribution is -2.35. The van der Waals surface area contributed by atoms with Gasteiger partial charge >= 0.3 is 5.69 Å². The Balaban J connectivity index is 1.50. The molecule has 0 amide bonds. The van der Waals surface area contributed by atoms with Crippen molar-refractivity contribution in [3.8, 4) is 5.69 Å². The second-order valence-corrected chi connectivity index (χ2v) is 9.38. The van der Waals surface area contributed by atoms with Crippen molar-refractivity contribution in [2.24, 2.45) is 5.73 Å². The summed E-state index contributed by atoms with van der Waals surface area (Å²) in [6.07, 6.45) is 4.95. The first-order chi connectivity index (χ1) is 14.7. The number of rotatable bonds is 7. The SMILES string of the molecule is CC(C)(C)c1cc2cn(-c3ccc(C4(NCCCNC(=N)N)CC4)cc3)c(=O)nc2[nH]1. The normalized spacial score (nSPS) is 15.2. The molecule has 1 aliphatic carbocycles. The van der Waals surface area contributed by atoms with Crippen molar-refractivity contribution in [1.29, 1.82) is 5.41 Å². The van der Waals surface area contributed by atoms with Crippen molar-refractivity contribution in [1.82, 2.24) is 25.2 Å². The Hall–Kier alpha value is -3.13. The average Bonchev–Trinajstić information content (AvgIpc) is 3.37. The smallest absolute Gasteiger partial charge is 0.354 e. The van der Waals surface area contributed by atoms with E-state index in [9.17, 15) is 4.79 Å². The molecule has 6 N–H and O–H groups in total.